The Morgan fingerprint density at radius 1 is 1.14 bits per heavy atom. The first-order valence-electron chi connectivity index (χ1n) is 8.60. The van der Waals surface area contributed by atoms with Gasteiger partial charge in [-0.25, -0.2) is 0 Å². The van der Waals surface area contributed by atoms with Crippen LogP contribution in [0.25, 0.3) is 0 Å². The molecule has 0 aromatic heterocycles. The van der Waals surface area contributed by atoms with E-state index in [0.717, 1.165) is 39.0 Å². The Balaban J connectivity index is 1.59. The summed E-state index contributed by atoms with van der Waals surface area (Å²) in [5, 5.41) is 0. The van der Waals surface area contributed by atoms with Crippen molar-refractivity contribution < 1.29 is 9.59 Å². The minimum Gasteiger partial charge on any atom is -0.334 e. The fourth-order valence-electron chi connectivity index (χ4n) is 4.44. The largest absolute Gasteiger partial charge is 0.334 e. The normalized spacial score (nSPS) is 32.4. The first-order chi connectivity index (χ1) is 10.6. The molecule has 2 aliphatic heterocycles. The number of nitrogens with two attached hydrogens (primary N) is 1. The molecule has 6 nitrogen and oxygen atoms in total. The van der Waals surface area contributed by atoms with Gasteiger partial charge >= 0.3 is 11.8 Å². The third-order valence-electron chi connectivity index (χ3n) is 6.02. The van der Waals surface area contributed by atoms with E-state index in [4.69, 9.17) is 5.73 Å². The molecule has 1 aliphatic carbocycles. The predicted octanol–water partition coefficient (Wildman–Crippen LogP) is -0.262. The van der Waals surface area contributed by atoms with Gasteiger partial charge in [-0.2, -0.15) is 0 Å². The third-order valence-corrected chi connectivity index (χ3v) is 6.02. The van der Waals surface area contributed by atoms with Crippen LogP contribution in [0.5, 0.6) is 0 Å². The molecule has 6 heteroatoms. The molecule has 3 rings (SSSR count). The Kier molecular flexibility index (Phi) is 4.41. The molecule has 0 aromatic rings. The topological polar surface area (TPSA) is 69.9 Å². The molecular formula is C16H28N4O2. The van der Waals surface area contributed by atoms with E-state index in [1.54, 1.807) is 9.80 Å². The highest BCUT2D eigenvalue weighted by Gasteiger charge is 2.50. The molecule has 3 aliphatic rings. The van der Waals surface area contributed by atoms with Gasteiger partial charge in [-0.05, 0) is 31.8 Å². The van der Waals surface area contributed by atoms with Crippen molar-refractivity contribution in [2.24, 2.45) is 17.1 Å². The second kappa shape index (κ2) is 6.16. The van der Waals surface area contributed by atoms with Crippen LogP contribution < -0.4 is 5.73 Å². The molecule has 0 bridgehead atoms. The number of amides is 2. The van der Waals surface area contributed by atoms with Crippen LogP contribution in [0.2, 0.25) is 0 Å². The number of fused-ring (bicyclic) bond motifs is 1. The van der Waals surface area contributed by atoms with E-state index >= 15 is 0 Å². The summed E-state index contributed by atoms with van der Waals surface area (Å²) >= 11 is 0. The lowest BCUT2D eigenvalue weighted by Gasteiger charge is -2.34. The molecule has 2 atom stereocenters. The molecule has 3 fully saturated rings. The number of hydrogen-bond donors (Lipinski definition) is 1. The average Bonchev–Trinajstić information content (AvgIpc) is 3.11. The molecule has 0 unspecified atom stereocenters. The van der Waals surface area contributed by atoms with Gasteiger partial charge < -0.3 is 20.4 Å². The van der Waals surface area contributed by atoms with Crippen molar-refractivity contribution in [2.45, 2.75) is 26.2 Å². The summed E-state index contributed by atoms with van der Waals surface area (Å²) in [6.07, 6.45) is 3.45. The molecule has 1 saturated carbocycles. The highest BCUT2D eigenvalue weighted by molar-refractivity contribution is 6.35. The van der Waals surface area contributed by atoms with Crippen molar-refractivity contribution >= 4 is 11.8 Å². The zero-order chi connectivity index (χ0) is 15.7. The maximum atomic E-state index is 12.6. The van der Waals surface area contributed by atoms with E-state index in [1.807, 2.05) is 0 Å². The number of likely N-dealkylation sites (tertiary alicyclic amines) is 1. The van der Waals surface area contributed by atoms with Crippen LogP contribution in [0, 0.1) is 11.3 Å². The van der Waals surface area contributed by atoms with Crippen molar-refractivity contribution in [1.82, 2.24) is 14.7 Å². The van der Waals surface area contributed by atoms with Crippen molar-refractivity contribution in [3.05, 3.63) is 0 Å². The van der Waals surface area contributed by atoms with Gasteiger partial charge in [0.15, 0.2) is 0 Å². The lowest BCUT2D eigenvalue weighted by Crippen LogP contribution is -2.53. The van der Waals surface area contributed by atoms with E-state index in [9.17, 15) is 9.59 Å². The number of carbonyl (C=O) groups excluding carboxylic acids is 2. The standard InChI is InChI=1S/C16H28N4O2/c1-2-18-6-8-19(9-7-18)14(21)15(22)20-10-13-4-3-5-16(13,11-17)12-20/h13H,2-12,17H2,1H3/t13-,16-/m0/s1. The van der Waals surface area contributed by atoms with Crippen LogP contribution in [0.3, 0.4) is 0 Å². The zero-order valence-electron chi connectivity index (χ0n) is 13.6. The van der Waals surface area contributed by atoms with E-state index in [2.05, 4.69) is 11.8 Å². The molecule has 22 heavy (non-hydrogen) atoms. The Morgan fingerprint density at radius 3 is 2.41 bits per heavy atom. The Labute approximate surface area is 132 Å². The van der Waals surface area contributed by atoms with Crippen molar-refractivity contribution in [3.8, 4) is 0 Å². The maximum absolute atomic E-state index is 12.6. The van der Waals surface area contributed by atoms with Crippen molar-refractivity contribution in [3.63, 3.8) is 0 Å². The number of rotatable bonds is 2. The number of likely N-dealkylation sites (N-methyl/N-ethyl adjacent to an activating group) is 1. The number of piperazine rings is 1. The maximum Gasteiger partial charge on any atom is 0.312 e. The second-order valence-corrected chi connectivity index (χ2v) is 7.07. The number of carbonyl (C=O) groups is 2. The molecule has 0 spiro atoms. The van der Waals surface area contributed by atoms with Gasteiger partial charge in [-0.3, -0.25) is 9.59 Å². The Hall–Kier alpha value is -1.14. The molecular weight excluding hydrogens is 280 g/mol. The minimum atomic E-state index is -0.317. The quantitative estimate of drug-likeness (QED) is 0.714. The molecule has 2 amide bonds. The number of hydrogen-bond acceptors (Lipinski definition) is 4. The van der Waals surface area contributed by atoms with Crippen molar-refractivity contribution in [1.29, 1.82) is 0 Å². The fourth-order valence-corrected chi connectivity index (χ4v) is 4.44. The van der Waals surface area contributed by atoms with Crippen molar-refractivity contribution in [2.75, 3.05) is 52.4 Å². The lowest BCUT2D eigenvalue weighted by atomic mass is 9.81. The van der Waals surface area contributed by atoms with E-state index in [-0.39, 0.29) is 17.2 Å². The monoisotopic (exact) mass is 308 g/mol. The van der Waals surface area contributed by atoms with Crippen LogP contribution in [-0.4, -0.2) is 78.9 Å². The van der Waals surface area contributed by atoms with Crippen LogP contribution in [0.4, 0.5) is 0 Å². The van der Waals surface area contributed by atoms with E-state index < -0.39 is 0 Å². The van der Waals surface area contributed by atoms with Gasteiger partial charge in [-0.15, -0.1) is 0 Å². The summed E-state index contributed by atoms with van der Waals surface area (Å²) in [4.78, 5) is 30.8. The fraction of sp³-hybridized carbons (Fsp3) is 0.875. The van der Waals surface area contributed by atoms with E-state index in [0.29, 0.717) is 32.1 Å². The van der Waals surface area contributed by atoms with Gasteiger partial charge in [0.2, 0.25) is 0 Å². The SMILES string of the molecule is CCN1CCN(C(=O)C(=O)N2C[C@@H]3CCC[C@]3(CN)C2)CC1. The zero-order valence-corrected chi connectivity index (χ0v) is 13.6. The molecule has 0 aromatic carbocycles. The average molecular weight is 308 g/mol. The van der Waals surface area contributed by atoms with Crippen LogP contribution >= 0.6 is 0 Å². The Bertz CT molecular complexity index is 447. The van der Waals surface area contributed by atoms with Gasteiger partial charge in [-0.1, -0.05) is 13.3 Å². The summed E-state index contributed by atoms with van der Waals surface area (Å²) in [6, 6.07) is 0. The molecule has 124 valence electrons. The lowest BCUT2D eigenvalue weighted by molar-refractivity contribution is -0.152. The van der Waals surface area contributed by atoms with Gasteiger partial charge in [0, 0.05) is 44.7 Å². The number of nitrogens with zero attached hydrogens (tertiary/aromatic N) is 3. The highest BCUT2D eigenvalue weighted by atomic mass is 16.2. The molecule has 2 heterocycles. The second-order valence-electron chi connectivity index (χ2n) is 7.07. The summed E-state index contributed by atoms with van der Waals surface area (Å²) in [5.74, 6) is -0.138. The molecule has 2 saturated heterocycles. The smallest absolute Gasteiger partial charge is 0.312 e. The van der Waals surface area contributed by atoms with Crippen LogP contribution in [0.1, 0.15) is 26.2 Å². The third kappa shape index (κ3) is 2.63. The van der Waals surface area contributed by atoms with E-state index in [1.165, 1.54) is 6.42 Å². The van der Waals surface area contributed by atoms with Crippen LogP contribution in [-0.2, 0) is 9.59 Å². The molecule has 0 radical (unpaired) electrons. The molecule has 2 N–H and O–H groups in total. The first-order valence-corrected chi connectivity index (χ1v) is 8.60. The first kappa shape index (κ1) is 15.7. The summed E-state index contributed by atoms with van der Waals surface area (Å²) in [7, 11) is 0. The van der Waals surface area contributed by atoms with Gasteiger partial charge in [0.1, 0.15) is 0 Å². The van der Waals surface area contributed by atoms with Gasteiger partial charge in [0.05, 0.1) is 0 Å². The minimum absolute atomic E-state index is 0.0802. The Morgan fingerprint density at radius 2 is 1.82 bits per heavy atom. The summed E-state index contributed by atoms with van der Waals surface area (Å²) < 4.78 is 0. The van der Waals surface area contributed by atoms with Crippen LogP contribution in [0.15, 0.2) is 0 Å². The highest BCUT2D eigenvalue weighted by Crippen LogP contribution is 2.47. The predicted molar refractivity (Wildman–Crippen MR) is 84.1 cm³/mol. The summed E-state index contributed by atoms with van der Waals surface area (Å²) in [5.41, 5.74) is 6.06. The van der Waals surface area contributed by atoms with Gasteiger partial charge in [0.25, 0.3) is 0 Å². The summed E-state index contributed by atoms with van der Waals surface area (Å²) in [6.45, 7) is 8.21.